The number of aromatic nitrogens is 4. The van der Waals surface area contributed by atoms with E-state index < -0.39 is 0 Å². The molecule has 4 aromatic carbocycles. The largest absolute Gasteiger partial charge is 0.339 e. The molecule has 0 aliphatic carbocycles. The zero-order valence-electron chi connectivity index (χ0n) is 30.0. The van der Waals surface area contributed by atoms with Gasteiger partial charge in [0.1, 0.15) is 0 Å². The minimum Gasteiger partial charge on any atom is -0.339 e. The summed E-state index contributed by atoms with van der Waals surface area (Å²) in [6.45, 7) is 5.46. The zero-order chi connectivity index (χ0) is 35.0. The highest BCUT2D eigenvalue weighted by Gasteiger charge is 2.13. The van der Waals surface area contributed by atoms with Crippen molar-refractivity contribution in [2.75, 3.05) is 13.1 Å². The lowest BCUT2D eigenvalue weighted by Crippen LogP contribution is -2.19. The van der Waals surface area contributed by atoms with Gasteiger partial charge in [-0.2, -0.15) is 0 Å². The van der Waals surface area contributed by atoms with Gasteiger partial charge >= 0.3 is 0 Å². The van der Waals surface area contributed by atoms with E-state index in [1.165, 1.54) is 54.7 Å². The lowest BCUT2D eigenvalue weighted by atomic mass is 10.1. The first kappa shape index (κ1) is 33.8. The fourth-order valence-corrected chi connectivity index (χ4v) is 7.76. The number of rotatable bonds is 17. The summed E-state index contributed by atoms with van der Waals surface area (Å²) in [6.07, 6.45) is 10.7. The molecule has 0 unspecified atom stereocenters. The molecule has 8 rings (SSSR count). The molecule has 6 nitrogen and oxygen atoms in total. The van der Waals surface area contributed by atoms with E-state index in [0.717, 1.165) is 89.2 Å². The lowest BCUT2D eigenvalue weighted by Gasteiger charge is -2.09. The van der Waals surface area contributed by atoms with Crippen LogP contribution < -0.4 is 10.6 Å². The number of unbranched alkanes of at least 4 members (excludes halogenated alkanes) is 1. The van der Waals surface area contributed by atoms with Crippen molar-refractivity contribution in [3.05, 3.63) is 156 Å². The van der Waals surface area contributed by atoms with Crippen LogP contribution in [0.15, 0.2) is 134 Å². The van der Waals surface area contributed by atoms with E-state index in [2.05, 4.69) is 153 Å². The van der Waals surface area contributed by atoms with Crippen LogP contribution in [0.3, 0.4) is 0 Å². The monoisotopic (exact) mass is 684 g/mol. The summed E-state index contributed by atoms with van der Waals surface area (Å²) in [4.78, 5) is 9.75. The number of nitrogens with zero attached hydrogens (tertiary/aromatic N) is 4. The maximum absolute atomic E-state index is 4.87. The first-order valence-electron chi connectivity index (χ1n) is 19.0. The van der Waals surface area contributed by atoms with Gasteiger partial charge in [0.05, 0.1) is 34.8 Å². The van der Waals surface area contributed by atoms with Crippen molar-refractivity contribution < 1.29 is 0 Å². The van der Waals surface area contributed by atoms with E-state index >= 15 is 0 Å². The van der Waals surface area contributed by atoms with Gasteiger partial charge < -0.3 is 19.8 Å². The molecule has 0 aliphatic heterocycles. The summed E-state index contributed by atoms with van der Waals surface area (Å²) in [6, 6.07) is 43.7. The summed E-state index contributed by atoms with van der Waals surface area (Å²) >= 11 is 0. The van der Waals surface area contributed by atoms with Gasteiger partial charge in [-0.25, -0.2) is 0 Å². The normalized spacial score (nSPS) is 11.8. The Morgan fingerprint density at radius 3 is 1.31 bits per heavy atom. The molecule has 0 saturated heterocycles. The van der Waals surface area contributed by atoms with E-state index in [0.29, 0.717) is 0 Å². The van der Waals surface area contributed by atoms with E-state index in [1.807, 2.05) is 0 Å². The third-order valence-corrected chi connectivity index (χ3v) is 10.4. The summed E-state index contributed by atoms with van der Waals surface area (Å²) in [5.41, 5.74) is 10.0. The number of aryl methyl sites for hydroxylation is 4. The first-order valence-corrected chi connectivity index (χ1v) is 19.0. The van der Waals surface area contributed by atoms with E-state index in [4.69, 9.17) is 9.97 Å². The molecule has 4 heterocycles. The average molecular weight is 685 g/mol. The maximum atomic E-state index is 4.87. The Morgan fingerprint density at radius 1 is 0.423 bits per heavy atom. The number of benzene rings is 4. The van der Waals surface area contributed by atoms with E-state index in [1.54, 1.807) is 0 Å². The summed E-state index contributed by atoms with van der Waals surface area (Å²) < 4.78 is 4.90. The predicted molar refractivity (Wildman–Crippen MR) is 217 cm³/mol. The molecule has 0 bridgehead atoms. The predicted octanol–water partition coefficient (Wildman–Crippen LogP) is 9.62. The van der Waals surface area contributed by atoms with Gasteiger partial charge in [-0.05, 0) is 87.0 Å². The molecule has 0 spiro atoms. The van der Waals surface area contributed by atoms with Gasteiger partial charge in [-0.3, -0.25) is 9.97 Å². The van der Waals surface area contributed by atoms with Crippen LogP contribution in [0.1, 0.15) is 48.2 Å². The highest BCUT2D eigenvalue weighted by molar-refractivity contribution is 6.08. The maximum Gasteiger partial charge on any atom is 0.0678 e. The summed E-state index contributed by atoms with van der Waals surface area (Å²) in [7, 11) is 0. The highest BCUT2D eigenvalue weighted by Crippen LogP contribution is 2.31. The molecule has 2 N–H and O–H groups in total. The van der Waals surface area contributed by atoms with Crippen LogP contribution in [0, 0.1) is 0 Å². The first-order chi connectivity index (χ1) is 25.8. The number of hydrogen-bond acceptors (Lipinski definition) is 4. The number of nitrogens with one attached hydrogen (secondary N) is 2. The smallest absolute Gasteiger partial charge is 0.0678 e. The van der Waals surface area contributed by atoms with Crippen molar-refractivity contribution in [1.82, 2.24) is 29.7 Å². The molecular formula is C46H48N6. The molecule has 0 fully saturated rings. The van der Waals surface area contributed by atoms with Gasteiger partial charge in [-0.15, -0.1) is 0 Å². The molecule has 262 valence electrons. The fourth-order valence-electron chi connectivity index (χ4n) is 7.76. The Hall–Kier alpha value is -5.30. The lowest BCUT2D eigenvalue weighted by molar-refractivity contribution is 0.576. The molecule has 0 amide bonds. The van der Waals surface area contributed by atoms with E-state index in [-0.39, 0.29) is 0 Å². The van der Waals surface area contributed by atoms with Gasteiger partial charge in [0.2, 0.25) is 0 Å². The van der Waals surface area contributed by atoms with Gasteiger partial charge in [0.15, 0.2) is 0 Å². The van der Waals surface area contributed by atoms with Crippen molar-refractivity contribution >= 4 is 43.6 Å². The minimum atomic E-state index is 0.778. The van der Waals surface area contributed by atoms with E-state index in [9.17, 15) is 0 Å². The van der Waals surface area contributed by atoms with Crippen molar-refractivity contribution in [2.24, 2.45) is 0 Å². The minimum absolute atomic E-state index is 0.778. The second-order valence-electron chi connectivity index (χ2n) is 14.0. The van der Waals surface area contributed by atoms with Crippen LogP contribution >= 0.6 is 0 Å². The van der Waals surface area contributed by atoms with Crippen molar-refractivity contribution in [1.29, 1.82) is 0 Å². The zero-order valence-corrected chi connectivity index (χ0v) is 30.0. The third-order valence-electron chi connectivity index (χ3n) is 10.4. The average Bonchev–Trinajstić information content (AvgIpc) is 3.68. The molecule has 6 heteroatoms. The second-order valence-corrected chi connectivity index (χ2v) is 14.0. The molecule has 0 aliphatic rings. The highest BCUT2D eigenvalue weighted by atomic mass is 15.0. The van der Waals surface area contributed by atoms with Crippen LogP contribution in [0.25, 0.3) is 43.6 Å². The summed E-state index contributed by atoms with van der Waals surface area (Å²) in [5, 5.41) is 12.5. The van der Waals surface area contributed by atoms with Gasteiger partial charge in [0.25, 0.3) is 0 Å². The molecule has 0 atom stereocenters. The molecule has 52 heavy (non-hydrogen) atoms. The quantitative estimate of drug-likeness (QED) is 0.0939. The SMILES string of the molecule is c1ccc(CCCn2c3ccccc3c3cc(CNCCCCNCc4cc5c6ccccc6n(CCCc6ccccc6)c5cn4)ncc32)cc1. The Labute approximate surface area is 306 Å². The Morgan fingerprint density at radius 2 is 0.846 bits per heavy atom. The molecule has 4 aromatic heterocycles. The van der Waals surface area contributed by atoms with Crippen LogP contribution in [0.5, 0.6) is 0 Å². The Balaban J connectivity index is 0.807. The fraction of sp³-hybridized carbons (Fsp3) is 0.261. The Kier molecular flexibility index (Phi) is 10.6. The number of para-hydroxylation sites is 2. The number of pyridine rings is 2. The standard InChI is InChI=1S/C46H48N6/c1-3-15-35(16-4-1)19-13-27-51-43-23-9-7-21-39(43)41-29-37(49-33-45(41)51)31-47-25-11-12-26-48-32-38-30-42-40-22-8-10-24-44(40)52(46(42)34-50-38)28-14-20-36-17-5-2-6-18-36/h1-10,15-18,21-24,29-30,33-34,47-48H,11-14,19-20,25-28,31-32H2. The molecule has 0 radical (unpaired) electrons. The Bertz CT molecular complexity index is 2200. The van der Waals surface area contributed by atoms with Crippen LogP contribution in [0.4, 0.5) is 0 Å². The topological polar surface area (TPSA) is 59.7 Å². The van der Waals surface area contributed by atoms with Gasteiger partial charge in [0, 0.05) is 58.8 Å². The van der Waals surface area contributed by atoms with Crippen molar-refractivity contribution in [2.45, 2.75) is 64.7 Å². The third kappa shape index (κ3) is 7.64. The van der Waals surface area contributed by atoms with Crippen molar-refractivity contribution in [3.63, 3.8) is 0 Å². The molecular weight excluding hydrogens is 637 g/mol. The van der Waals surface area contributed by atoms with Gasteiger partial charge in [-0.1, -0.05) is 97.1 Å². The van der Waals surface area contributed by atoms with Crippen LogP contribution in [-0.4, -0.2) is 32.2 Å². The van der Waals surface area contributed by atoms with Crippen LogP contribution in [-0.2, 0) is 39.0 Å². The number of hydrogen-bond donors (Lipinski definition) is 2. The van der Waals surface area contributed by atoms with Crippen LogP contribution in [0.2, 0.25) is 0 Å². The molecule has 0 saturated carbocycles. The second kappa shape index (κ2) is 16.4. The molecule has 8 aromatic rings. The number of fused-ring (bicyclic) bond motifs is 6. The van der Waals surface area contributed by atoms with Crippen molar-refractivity contribution in [3.8, 4) is 0 Å². The summed E-state index contributed by atoms with van der Waals surface area (Å²) in [5.74, 6) is 0.